The van der Waals surface area contributed by atoms with Crippen molar-refractivity contribution in [2.45, 2.75) is 0 Å². The Morgan fingerprint density at radius 1 is 1.19 bits per heavy atom. The molecule has 5 rings (SSSR count). The summed E-state index contributed by atoms with van der Waals surface area (Å²) in [7, 11) is 0. The van der Waals surface area contributed by atoms with Crippen LogP contribution in [-0.4, -0.2) is 44.3 Å². The number of nitrogens with one attached hydrogen (secondary N) is 2. The van der Waals surface area contributed by atoms with Gasteiger partial charge in [0.15, 0.2) is 0 Å². The van der Waals surface area contributed by atoms with Gasteiger partial charge in [0.2, 0.25) is 0 Å². The zero-order chi connectivity index (χ0) is 17.5. The molecule has 132 valence electrons. The predicted molar refractivity (Wildman–Crippen MR) is 98.1 cm³/mol. The van der Waals surface area contributed by atoms with Crippen LogP contribution in [0.25, 0.3) is 16.9 Å². The van der Waals surface area contributed by atoms with Crippen molar-refractivity contribution in [3.63, 3.8) is 0 Å². The molecule has 2 aliphatic rings. The molecule has 3 heterocycles. The summed E-state index contributed by atoms with van der Waals surface area (Å²) in [6, 6.07) is 5.47. The first kappa shape index (κ1) is 15.3. The summed E-state index contributed by atoms with van der Waals surface area (Å²) in [5.74, 6) is 3.38. The lowest BCUT2D eigenvalue weighted by Gasteiger charge is -2.09. The second-order valence-electron chi connectivity index (χ2n) is 6.99. The van der Waals surface area contributed by atoms with Crippen LogP contribution < -0.4 is 10.6 Å². The maximum atomic E-state index is 10.4. The van der Waals surface area contributed by atoms with Gasteiger partial charge in [0.05, 0.1) is 30.1 Å². The van der Waals surface area contributed by atoms with Gasteiger partial charge in [-0.3, -0.25) is 4.98 Å². The first-order chi connectivity index (χ1) is 12.8. The van der Waals surface area contributed by atoms with Crippen molar-refractivity contribution in [3.05, 3.63) is 49.3 Å². The fourth-order valence-electron chi connectivity index (χ4n) is 3.94. The van der Waals surface area contributed by atoms with Crippen LogP contribution in [0.5, 0.6) is 5.75 Å². The number of imidazole rings is 1. The average molecular weight is 348 g/mol. The number of aromatic hydroxyl groups is 1. The summed E-state index contributed by atoms with van der Waals surface area (Å²) in [4.78, 5) is 12.9. The molecule has 3 aromatic rings. The van der Waals surface area contributed by atoms with E-state index in [2.05, 4.69) is 25.6 Å². The Morgan fingerprint density at radius 2 is 2.08 bits per heavy atom. The van der Waals surface area contributed by atoms with E-state index in [0.717, 1.165) is 48.9 Å². The molecule has 2 fully saturated rings. The van der Waals surface area contributed by atoms with Gasteiger partial charge in [0.1, 0.15) is 11.6 Å². The number of aromatic nitrogens is 4. The van der Waals surface area contributed by atoms with Gasteiger partial charge in [-0.15, -0.1) is 0 Å². The first-order valence-corrected chi connectivity index (χ1v) is 8.88. The van der Waals surface area contributed by atoms with Crippen molar-refractivity contribution >= 4 is 5.82 Å². The lowest BCUT2D eigenvalue weighted by atomic mass is 10.1. The molecule has 1 aromatic carbocycles. The minimum Gasteiger partial charge on any atom is -0.507 e. The molecule has 26 heavy (non-hydrogen) atoms. The topological polar surface area (TPSA) is 87.9 Å². The van der Waals surface area contributed by atoms with E-state index >= 15 is 0 Å². The third-order valence-electron chi connectivity index (χ3n) is 5.50. The predicted octanol–water partition coefficient (Wildman–Crippen LogP) is 1.91. The van der Waals surface area contributed by atoms with E-state index in [0.29, 0.717) is 11.3 Å². The van der Waals surface area contributed by atoms with Crippen LogP contribution in [0.1, 0.15) is 0 Å². The molecule has 1 saturated carbocycles. The number of rotatable bonds is 5. The van der Waals surface area contributed by atoms with Crippen molar-refractivity contribution in [3.8, 4) is 22.7 Å². The lowest BCUT2D eigenvalue weighted by molar-refractivity contribution is 0.477. The smallest absolute Gasteiger partial charge is 0.144 e. The largest absolute Gasteiger partial charge is 0.507 e. The molecular formula is C19H20N6O. The van der Waals surface area contributed by atoms with E-state index in [1.807, 2.05) is 22.9 Å². The molecule has 2 unspecified atom stereocenters. The summed E-state index contributed by atoms with van der Waals surface area (Å²) in [5, 5.41) is 17.2. The van der Waals surface area contributed by atoms with Crippen molar-refractivity contribution in [1.82, 2.24) is 24.8 Å². The zero-order valence-corrected chi connectivity index (χ0v) is 14.2. The molecule has 0 spiro atoms. The Labute approximate surface area is 151 Å². The summed E-state index contributed by atoms with van der Waals surface area (Å²) in [6.45, 7) is 3.25. The van der Waals surface area contributed by atoms with E-state index in [9.17, 15) is 5.11 Å². The molecule has 3 N–H and O–H groups in total. The SMILES string of the molecule is Oc1cc(-n2ccnc2)ccc1-c1cnc(NCC2C3CNCC32)cn1. The molecule has 1 saturated heterocycles. The summed E-state index contributed by atoms with van der Waals surface area (Å²) in [6.07, 6.45) is 8.66. The summed E-state index contributed by atoms with van der Waals surface area (Å²) < 4.78 is 1.84. The maximum absolute atomic E-state index is 10.4. The molecule has 1 aliphatic carbocycles. The Balaban J connectivity index is 1.28. The molecule has 0 amide bonds. The highest BCUT2D eigenvalue weighted by atomic mass is 16.3. The molecule has 0 bridgehead atoms. The average Bonchev–Trinajstić information content (AvgIpc) is 3.09. The van der Waals surface area contributed by atoms with Crippen LogP contribution in [0, 0.1) is 17.8 Å². The van der Waals surface area contributed by atoms with Gasteiger partial charge < -0.3 is 20.3 Å². The fourth-order valence-corrected chi connectivity index (χ4v) is 3.94. The molecular weight excluding hydrogens is 328 g/mol. The standard InChI is InChI=1S/C19H20N6O/c26-18-5-12(25-4-3-20-11-25)1-2-13(18)17-9-24-19(10-22-17)23-8-16-14-6-21-7-15(14)16/h1-5,9-11,14-16,21,26H,6-8H2,(H,23,24). The van der Waals surface area contributed by atoms with Crippen LogP contribution in [0.15, 0.2) is 49.3 Å². The van der Waals surface area contributed by atoms with E-state index in [1.165, 1.54) is 0 Å². The van der Waals surface area contributed by atoms with Crippen molar-refractivity contribution in [2.75, 3.05) is 25.0 Å². The van der Waals surface area contributed by atoms with Crippen LogP contribution in [0.3, 0.4) is 0 Å². The minimum atomic E-state index is 0.171. The van der Waals surface area contributed by atoms with Gasteiger partial charge in [0, 0.05) is 30.6 Å². The van der Waals surface area contributed by atoms with Gasteiger partial charge >= 0.3 is 0 Å². The molecule has 0 radical (unpaired) electrons. The quantitative estimate of drug-likeness (QED) is 0.653. The number of phenolic OH excluding ortho intramolecular Hbond substituents is 1. The number of hydrogen-bond donors (Lipinski definition) is 3. The molecule has 2 aromatic heterocycles. The highest BCUT2D eigenvalue weighted by Gasteiger charge is 2.52. The van der Waals surface area contributed by atoms with Crippen LogP contribution in [-0.2, 0) is 0 Å². The summed E-state index contributed by atoms with van der Waals surface area (Å²) >= 11 is 0. The Hall–Kier alpha value is -2.93. The van der Waals surface area contributed by atoms with Crippen LogP contribution in [0.4, 0.5) is 5.82 Å². The van der Waals surface area contributed by atoms with Gasteiger partial charge in [-0.1, -0.05) is 0 Å². The third-order valence-corrected chi connectivity index (χ3v) is 5.50. The Kier molecular flexibility index (Phi) is 3.60. The van der Waals surface area contributed by atoms with Gasteiger partial charge in [0.25, 0.3) is 0 Å². The first-order valence-electron chi connectivity index (χ1n) is 8.88. The van der Waals surface area contributed by atoms with Gasteiger partial charge in [-0.25, -0.2) is 9.97 Å². The number of phenols is 1. The normalized spacial score (nSPS) is 23.6. The second kappa shape index (κ2) is 6.10. The molecule has 7 nitrogen and oxygen atoms in total. The number of benzene rings is 1. The highest BCUT2D eigenvalue weighted by molar-refractivity contribution is 5.68. The Bertz CT molecular complexity index is 898. The maximum Gasteiger partial charge on any atom is 0.144 e. The van der Waals surface area contributed by atoms with Crippen molar-refractivity contribution in [1.29, 1.82) is 0 Å². The number of anilines is 1. The van der Waals surface area contributed by atoms with Crippen molar-refractivity contribution < 1.29 is 5.11 Å². The highest BCUT2D eigenvalue weighted by Crippen LogP contribution is 2.48. The molecule has 2 atom stereocenters. The molecule has 7 heteroatoms. The number of hydrogen-bond acceptors (Lipinski definition) is 6. The number of nitrogens with zero attached hydrogens (tertiary/aromatic N) is 4. The molecule has 1 aliphatic heterocycles. The van der Waals surface area contributed by atoms with E-state index in [-0.39, 0.29) is 5.75 Å². The van der Waals surface area contributed by atoms with Crippen LogP contribution >= 0.6 is 0 Å². The van der Waals surface area contributed by atoms with Crippen LogP contribution in [0.2, 0.25) is 0 Å². The second-order valence-corrected chi connectivity index (χ2v) is 6.99. The van der Waals surface area contributed by atoms with Crippen molar-refractivity contribution in [2.24, 2.45) is 17.8 Å². The number of fused-ring (bicyclic) bond motifs is 1. The monoisotopic (exact) mass is 348 g/mol. The number of piperidine rings is 1. The summed E-state index contributed by atoms with van der Waals surface area (Å²) in [5.41, 5.74) is 2.16. The van der Waals surface area contributed by atoms with E-state index < -0.39 is 0 Å². The lowest BCUT2D eigenvalue weighted by Crippen LogP contribution is -2.18. The third kappa shape index (κ3) is 2.70. The van der Waals surface area contributed by atoms with E-state index in [4.69, 9.17) is 0 Å². The van der Waals surface area contributed by atoms with Gasteiger partial charge in [-0.05, 0) is 43.0 Å². The minimum absolute atomic E-state index is 0.171. The Morgan fingerprint density at radius 3 is 2.77 bits per heavy atom. The zero-order valence-electron chi connectivity index (χ0n) is 14.2. The fraction of sp³-hybridized carbons (Fsp3) is 0.316. The van der Waals surface area contributed by atoms with E-state index in [1.54, 1.807) is 31.0 Å². The van der Waals surface area contributed by atoms with Gasteiger partial charge in [-0.2, -0.15) is 0 Å².